The van der Waals surface area contributed by atoms with Crippen LogP contribution in [-0.2, 0) is 14.8 Å². The van der Waals surface area contributed by atoms with Gasteiger partial charge >= 0.3 is 0 Å². The number of benzene rings is 1. The van der Waals surface area contributed by atoms with Crippen LogP contribution in [-0.4, -0.2) is 20.9 Å². The zero-order valence-corrected chi connectivity index (χ0v) is 13.7. The van der Waals surface area contributed by atoms with Gasteiger partial charge in [-0.2, -0.15) is 0 Å². The SMILES string of the molecule is Cc1ccc(S(=O)(=O)Nc2ccccc2N2CCCC2=O)s1. The number of hydrogen-bond donors (Lipinski definition) is 1. The van der Waals surface area contributed by atoms with Gasteiger partial charge in [0.2, 0.25) is 5.91 Å². The molecular weight excluding hydrogens is 320 g/mol. The molecule has 0 aliphatic carbocycles. The van der Waals surface area contributed by atoms with Crippen LogP contribution < -0.4 is 9.62 Å². The highest BCUT2D eigenvalue weighted by atomic mass is 32.2. The number of aryl methyl sites for hydroxylation is 1. The first-order valence-corrected chi connectivity index (χ1v) is 9.26. The molecule has 0 saturated carbocycles. The highest BCUT2D eigenvalue weighted by Gasteiger charge is 2.25. The van der Waals surface area contributed by atoms with E-state index < -0.39 is 10.0 Å². The Labute approximate surface area is 133 Å². The molecule has 0 atom stereocenters. The number of carbonyl (C=O) groups excluding carboxylic acids is 1. The van der Waals surface area contributed by atoms with Crippen molar-refractivity contribution in [3.05, 3.63) is 41.3 Å². The van der Waals surface area contributed by atoms with E-state index in [9.17, 15) is 13.2 Å². The fraction of sp³-hybridized carbons (Fsp3) is 0.267. The Morgan fingerprint density at radius 2 is 1.95 bits per heavy atom. The van der Waals surface area contributed by atoms with Crippen LogP contribution in [0.15, 0.2) is 40.6 Å². The molecule has 2 aromatic rings. The first-order chi connectivity index (χ1) is 10.5. The van der Waals surface area contributed by atoms with Crippen molar-refractivity contribution in [2.75, 3.05) is 16.2 Å². The predicted molar refractivity (Wildman–Crippen MR) is 87.9 cm³/mol. The van der Waals surface area contributed by atoms with Crippen LogP contribution in [0.4, 0.5) is 11.4 Å². The van der Waals surface area contributed by atoms with Gasteiger partial charge in [-0.25, -0.2) is 8.42 Å². The number of nitrogens with one attached hydrogen (secondary N) is 1. The van der Waals surface area contributed by atoms with Gasteiger partial charge in [0.15, 0.2) is 0 Å². The van der Waals surface area contributed by atoms with Crippen LogP contribution in [0.1, 0.15) is 17.7 Å². The molecule has 0 unspecified atom stereocenters. The first-order valence-electron chi connectivity index (χ1n) is 6.96. The van der Waals surface area contributed by atoms with Gasteiger partial charge in [-0.3, -0.25) is 9.52 Å². The number of sulfonamides is 1. The van der Waals surface area contributed by atoms with E-state index in [4.69, 9.17) is 0 Å². The maximum Gasteiger partial charge on any atom is 0.271 e. The van der Waals surface area contributed by atoms with Crippen molar-refractivity contribution >= 4 is 38.6 Å². The first kappa shape index (κ1) is 15.1. The van der Waals surface area contributed by atoms with Gasteiger partial charge in [0.25, 0.3) is 10.0 Å². The number of para-hydroxylation sites is 2. The topological polar surface area (TPSA) is 66.5 Å². The third-order valence-electron chi connectivity index (χ3n) is 3.49. The summed E-state index contributed by atoms with van der Waals surface area (Å²) in [5, 5.41) is 0. The van der Waals surface area contributed by atoms with E-state index >= 15 is 0 Å². The standard InChI is InChI=1S/C15H16N2O3S2/c1-11-8-9-15(21-11)22(19,20)16-12-5-2-3-6-13(12)17-10-4-7-14(17)18/h2-3,5-6,8-9,16H,4,7,10H2,1H3. The molecule has 1 N–H and O–H groups in total. The minimum absolute atomic E-state index is 0.0265. The molecule has 0 radical (unpaired) electrons. The Hall–Kier alpha value is -1.86. The predicted octanol–water partition coefficient (Wildman–Crippen LogP) is 2.98. The summed E-state index contributed by atoms with van der Waals surface area (Å²) in [6, 6.07) is 10.4. The molecule has 0 bridgehead atoms. The number of nitrogens with zero attached hydrogens (tertiary/aromatic N) is 1. The van der Waals surface area contributed by atoms with Crippen molar-refractivity contribution in [3.63, 3.8) is 0 Å². The summed E-state index contributed by atoms with van der Waals surface area (Å²) in [4.78, 5) is 14.5. The number of thiophene rings is 1. The summed E-state index contributed by atoms with van der Waals surface area (Å²) in [5.41, 5.74) is 1.05. The molecule has 1 aliphatic heterocycles. The third-order valence-corrected chi connectivity index (χ3v) is 6.35. The zero-order chi connectivity index (χ0) is 15.7. The lowest BCUT2D eigenvalue weighted by Gasteiger charge is -2.20. The monoisotopic (exact) mass is 336 g/mol. The molecule has 1 saturated heterocycles. The second kappa shape index (κ2) is 5.73. The lowest BCUT2D eigenvalue weighted by atomic mass is 10.2. The molecule has 116 valence electrons. The molecule has 2 heterocycles. The van der Waals surface area contributed by atoms with Crippen molar-refractivity contribution in [2.45, 2.75) is 24.0 Å². The summed E-state index contributed by atoms with van der Waals surface area (Å²) >= 11 is 1.22. The molecular formula is C15H16N2O3S2. The third kappa shape index (κ3) is 2.86. The van der Waals surface area contributed by atoms with E-state index in [0.29, 0.717) is 24.3 Å². The van der Waals surface area contributed by atoms with Crippen LogP contribution in [0.5, 0.6) is 0 Å². The van der Waals surface area contributed by atoms with Crippen molar-refractivity contribution in [1.29, 1.82) is 0 Å². The molecule has 1 aliphatic rings. The van der Waals surface area contributed by atoms with Gasteiger partial charge in [0.1, 0.15) is 4.21 Å². The maximum absolute atomic E-state index is 12.5. The molecule has 7 heteroatoms. The molecule has 0 spiro atoms. The highest BCUT2D eigenvalue weighted by molar-refractivity contribution is 7.94. The fourth-order valence-corrected chi connectivity index (χ4v) is 4.81. The largest absolute Gasteiger partial charge is 0.310 e. The van der Waals surface area contributed by atoms with Crippen molar-refractivity contribution in [3.8, 4) is 0 Å². The second-order valence-electron chi connectivity index (χ2n) is 5.14. The lowest BCUT2D eigenvalue weighted by Crippen LogP contribution is -2.25. The molecule has 1 fully saturated rings. The van der Waals surface area contributed by atoms with Crippen molar-refractivity contribution < 1.29 is 13.2 Å². The molecule has 5 nitrogen and oxygen atoms in total. The molecule has 1 aromatic carbocycles. The molecule has 22 heavy (non-hydrogen) atoms. The van der Waals surface area contributed by atoms with Crippen LogP contribution in [0.3, 0.4) is 0 Å². The Kier molecular flexibility index (Phi) is 3.92. The van der Waals surface area contributed by atoms with Gasteiger partial charge in [0.05, 0.1) is 11.4 Å². The number of anilines is 2. The summed E-state index contributed by atoms with van der Waals surface area (Å²) in [5.74, 6) is 0.0265. The summed E-state index contributed by atoms with van der Waals surface area (Å²) in [6.45, 7) is 2.48. The fourth-order valence-electron chi connectivity index (χ4n) is 2.45. The van der Waals surface area contributed by atoms with E-state index in [0.717, 1.165) is 11.3 Å². The van der Waals surface area contributed by atoms with Crippen molar-refractivity contribution in [2.24, 2.45) is 0 Å². The van der Waals surface area contributed by atoms with Crippen molar-refractivity contribution in [1.82, 2.24) is 0 Å². The minimum atomic E-state index is -3.63. The van der Waals surface area contributed by atoms with E-state index in [1.54, 1.807) is 41.3 Å². The highest BCUT2D eigenvalue weighted by Crippen LogP contribution is 2.32. The number of amides is 1. The van der Waals surface area contributed by atoms with Gasteiger partial charge in [-0.05, 0) is 37.6 Å². The number of hydrogen-bond acceptors (Lipinski definition) is 4. The van der Waals surface area contributed by atoms with Crippen LogP contribution in [0, 0.1) is 6.92 Å². The summed E-state index contributed by atoms with van der Waals surface area (Å²) in [6.07, 6.45) is 1.30. The smallest absolute Gasteiger partial charge is 0.271 e. The molecule has 1 amide bonds. The average molecular weight is 336 g/mol. The Balaban J connectivity index is 1.94. The lowest BCUT2D eigenvalue weighted by molar-refractivity contribution is -0.117. The quantitative estimate of drug-likeness (QED) is 0.933. The molecule has 1 aromatic heterocycles. The van der Waals surface area contributed by atoms with E-state index in [1.165, 1.54) is 11.3 Å². The summed E-state index contributed by atoms with van der Waals surface area (Å²) < 4.78 is 27.8. The minimum Gasteiger partial charge on any atom is -0.310 e. The number of rotatable bonds is 4. The average Bonchev–Trinajstić information content (AvgIpc) is 3.08. The van der Waals surface area contributed by atoms with E-state index in [2.05, 4.69) is 4.72 Å². The zero-order valence-electron chi connectivity index (χ0n) is 12.1. The second-order valence-corrected chi connectivity index (χ2v) is 8.33. The Morgan fingerprint density at radius 3 is 2.59 bits per heavy atom. The number of carbonyl (C=O) groups is 1. The van der Waals surface area contributed by atoms with Gasteiger partial charge in [-0.1, -0.05) is 12.1 Å². The van der Waals surface area contributed by atoms with Crippen LogP contribution in [0.2, 0.25) is 0 Å². The summed E-state index contributed by atoms with van der Waals surface area (Å²) in [7, 11) is -3.63. The van der Waals surface area contributed by atoms with Gasteiger partial charge < -0.3 is 4.90 Å². The maximum atomic E-state index is 12.5. The Bertz CT molecular complexity index is 812. The Morgan fingerprint density at radius 1 is 1.18 bits per heavy atom. The molecule has 3 rings (SSSR count). The normalized spacial score (nSPS) is 15.3. The van der Waals surface area contributed by atoms with Crippen LogP contribution >= 0.6 is 11.3 Å². The van der Waals surface area contributed by atoms with E-state index in [1.807, 2.05) is 6.92 Å². The van der Waals surface area contributed by atoms with Gasteiger partial charge in [0, 0.05) is 17.8 Å². The van der Waals surface area contributed by atoms with Gasteiger partial charge in [-0.15, -0.1) is 11.3 Å². The van der Waals surface area contributed by atoms with E-state index in [-0.39, 0.29) is 10.1 Å². The van der Waals surface area contributed by atoms with Crippen LogP contribution in [0.25, 0.3) is 0 Å².